The van der Waals surface area contributed by atoms with E-state index in [4.69, 9.17) is 0 Å². The molecule has 1 N–H and O–H groups in total. The third-order valence-corrected chi connectivity index (χ3v) is 3.67. The Morgan fingerprint density at radius 3 is 2.67 bits per heavy atom. The molecule has 100 valence electrons. The lowest BCUT2D eigenvalue weighted by Crippen LogP contribution is -2.37. The average molecular weight is 248 g/mol. The largest absolute Gasteiger partial charge is 0.356 e. The Kier molecular flexibility index (Phi) is 4.53. The quantitative estimate of drug-likeness (QED) is 0.882. The maximum absolute atomic E-state index is 4.58. The molecule has 0 atom stereocenters. The number of aromatic nitrogens is 2. The molecule has 0 unspecified atom stereocenters. The van der Waals surface area contributed by atoms with E-state index in [0.29, 0.717) is 0 Å². The highest BCUT2D eigenvalue weighted by atomic mass is 15.2. The summed E-state index contributed by atoms with van der Waals surface area (Å²) in [5.41, 5.74) is 1.15. The standard InChI is InChI=1S/C14H24N4/c1-4-13-9-14(17-11(2)16-13)18-7-5-12(6-8-18)10-15-3/h9,12,15H,4-8,10H2,1-3H3. The molecule has 0 radical (unpaired) electrons. The summed E-state index contributed by atoms with van der Waals surface area (Å²) in [6, 6.07) is 2.14. The third kappa shape index (κ3) is 3.19. The van der Waals surface area contributed by atoms with Gasteiger partial charge in [0.15, 0.2) is 0 Å². The highest BCUT2D eigenvalue weighted by Crippen LogP contribution is 2.22. The van der Waals surface area contributed by atoms with Gasteiger partial charge in [-0.25, -0.2) is 9.97 Å². The van der Waals surface area contributed by atoms with Crippen LogP contribution in [0.5, 0.6) is 0 Å². The lowest BCUT2D eigenvalue weighted by molar-refractivity contribution is 0.392. The highest BCUT2D eigenvalue weighted by Gasteiger charge is 2.20. The summed E-state index contributed by atoms with van der Waals surface area (Å²) in [6.45, 7) is 7.50. The Balaban J connectivity index is 2.02. The fraction of sp³-hybridized carbons (Fsp3) is 0.714. The molecule has 1 aliphatic rings. The van der Waals surface area contributed by atoms with Gasteiger partial charge in [-0.1, -0.05) is 6.92 Å². The fourth-order valence-electron chi connectivity index (χ4n) is 2.61. The Hall–Kier alpha value is -1.16. The number of hydrogen-bond donors (Lipinski definition) is 1. The minimum Gasteiger partial charge on any atom is -0.356 e. The van der Waals surface area contributed by atoms with E-state index >= 15 is 0 Å². The lowest BCUT2D eigenvalue weighted by Gasteiger charge is -2.33. The first-order valence-electron chi connectivity index (χ1n) is 6.97. The summed E-state index contributed by atoms with van der Waals surface area (Å²) in [5.74, 6) is 2.82. The van der Waals surface area contributed by atoms with Crippen molar-refractivity contribution in [2.24, 2.45) is 5.92 Å². The van der Waals surface area contributed by atoms with Crippen LogP contribution in [0.4, 0.5) is 5.82 Å². The second-order valence-electron chi connectivity index (χ2n) is 5.11. The molecule has 4 heteroatoms. The van der Waals surface area contributed by atoms with Gasteiger partial charge in [0.2, 0.25) is 0 Å². The summed E-state index contributed by atoms with van der Waals surface area (Å²) in [6.07, 6.45) is 3.49. The van der Waals surface area contributed by atoms with Crippen molar-refractivity contribution in [1.82, 2.24) is 15.3 Å². The van der Waals surface area contributed by atoms with Gasteiger partial charge in [-0.2, -0.15) is 0 Å². The maximum atomic E-state index is 4.58. The van der Waals surface area contributed by atoms with Crippen molar-refractivity contribution in [3.63, 3.8) is 0 Å². The van der Waals surface area contributed by atoms with Gasteiger partial charge in [0.25, 0.3) is 0 Å². The Morgan fingerprint density at radius 1 is 1.33 bits per heavy atom. The van der Waals surface area contributed by atoms with Gasteiger partial charge in [0.05, 0.1) is 0 Å². The number of nitrogens with one attached hydrogen (secondary N) is 1. The van der Waals surface area contributed by atoms with Gasteiger partial charge in [-0.05, 0) is 45.7 Å². The second kappa shape index (κ2) is 6.14. The topological polar surface area (TPSA) is 41.0 Å². The van der Waals surface area contributed by atoms with Gasteiger partial charge >= 0.3 is 0 Å². The molecule has 1 saturated heterocycles. The molecular formula is C14H24N4. The predicted octanol–water partition coefficient (Wildman–Crippen LogP) is 1.78. The van der Waals surface area contributed by atoms with Crippen LogP contribution in [0, 0.1) is 12.8 Å². The molecule has 1 aliphatic heterocycles. The minimum atomic E-state index is 0.819. The fourth-order valence-corrected chi connectivity index (χ4v) is 2.61. The molecule has 18 heavy (non-hydrogen) atoms. The van der Waals surface area contributed by atoms with Gasteiger partial charge in [-0.15, -0.1) is 0 Å². The summed E-state index contributed by atoms with van der Waals surface area (Å²) in [5, 5.41) is 3.28. The molecule has 0 saturated carbocycles. The average Bonchev–Trinajstić information content (AvgIpc) is 2.39. The van der Waals surface area contributed by atoms with E-state index in [-0.39, 0.29) is 0 Å². The number of rotatable bonds is 4. The van der Waals surface area contributed by atoms with Crippen molar-refractivity contribution >= 4 is 5.82 Å². The number of nitrogens with zero attached hydrogens (tertiary/aromatic N) is 3. The normalized spacial score (nSPS) is 17.2. The van der Waals surface area contributed by atoms with E-state index in [1.807, 2.05) is 14.0 Å². The van der Waals surface area contributed by atoms with Crippen LogP contribution in [0.1, 0.15) is 31.3 Å². The van der Waals surface area contributed by atoms with Crippen LogP contribution < -0.4 is 10.2 Å². The van der Waals surface area contributed by atoms with E-state index in [1.54, 1.807) is 0 Å². The van der Waals surface area contributed by atoms with Crippen LogP contribution in [0.25, 0.3) is 0 Å². The molecule has 2 rings (SSSR count). The van der Waals surface area contributed by atoms with E-state index in [2.05, 4.69) is 33.2 Å². The Bertz CT molecular complexity index is 383. The van der Waals surface area contributed by atoms with Crippen LogP contribution in [-0.2, 0) is 6.42 Å². The molecule has 1 aromatic heterocycles. The first-order chi connectivity index (χ1) is 8.72. The summed E-state index contributed by atoms with van der Waals surface area (Å²) in [4.78, 5) is 11.4. The third-order valence-electron chi connectivity index (χ3n) is 3.67. The Morgan fingerprint density at radius 2 is 2.06 bits per heavy atom. The predicted molar refractivity (Wildman–Crippen MR) is 75.0 cm³/mol. The molecule has 0 aliphatic carbocycles. The van der Waals surface area contributed by atoms with Crippen LogP contribution in [0.15, 0.2) is 6.07 Å². The monoisotopic (exact) mass is 248 g/mol. The Labute approximate surface area is 110 Å². The number of hydrogen-bond acceptors (Lipinski definition) is 4. The first-order valence-corrected chi connectivity index (χ1v) is 6.97. The van der Waals surface area contributed by atoms with Gasteiger partial charge in [0, 0.05) is 24.8 Å². The van der Waals surface area contributed by atoms with Crippen molar-refractivity contribution < 1.29 is 0 Å². The number of anilines is 1. The van der Waals surface area contributed by atoms with E-state index in [1.165, 1.54) is 12.8 Å². The molecule has 4 nitrogen and oxygen atoms in total. The number of piperidine rings is 1. The maximum Gasteiger partial charge on any atom is 0.132 e. The zero-order valence-electron chi connectivity index (χ0n) is 11.7. The lowest BCUT2D eigenvalue weighted by atomic mass is 9.97. The minimum absolute atomic E-state index is 0.819. The summed E-state index contributed by atoms with van der Waals surface area (Å²) in [7, 11) is 2.04. The molecule has 2 heterocycles. The van der Waals surface area contributed by atoms with Gasteiger partial charge < -0.3 is 10.2 Å². The zero-order valence-corrected chi connectivity index (χ0v) is 11.7. The van der Waals surface area contributed by atoms with Crippen molar-refractivity contribution in [1.29, 1.82) is 0 Å². The first kappa shape index (κ1) is 13.3. The summed E-state index contributed by atoms with van der Waals surface area (Å²) >= 11 is 0. The van der Waals surface area contributed by atoms with Crippen LogP contribution in [0.2, 0.25) is 0 Å². The van der Waals surface area contributed by atoms with Crippen molar-refractivity contribution in [2.45, 2.75) is 33.1 Å². The molecule has 1 fully saturated rings. The van der Waals surface area contributed by atoms with Crippen molar-refractivity contribution in [2.75, 3.05) is 31.6 Å². The van der Waals surface area contributed by atoms with Crippen LogP contribution in [0.3, 0.4) is 0 Å². The van der Waals surface area contributed by atoms with Crippen molar-refractivity contribution in [3.05, 3.63) is 17.6 Å². The van der Waals surface area contributed by atoms with Crippen molar-refractivity contribution in [3.8, 4) is 0 Å². The second-order valence-corrected chi connectivity index (χ2v) is 5.11. The van der Waals surface area contributed by atoms with Gasteiger partial charge in [-0.3, -0.25) is 0 Å². The number of aryl methyl sites for hydroxylation is 2. The zero-order chi connectivity index (χ0) is 13.0. The summed E-state index contributed by atoms with van der Waals surface area (Å²) < 4.78 is 0. The van der Waals surface area contributed by atoms with Crippen LogP contribution in [-0.4, -0.2) is 36.6 Å². The smallest absolute Gasteiger partial charge is 0.132 e. The molecule has 0 bridgehead atoms. The van der Waals surface area contributed by atoms with Crippen LogP contribution >= 0.6 is 0 Å². The van der Waals surface area contributed by atoms with E-state index < -0.39 is 0 Å². The SMILES string of the molecule is CCc1cc(N2CCC(CNC)CC2)nc(C)n1. The highest BCUT2D eigenvalue weighted by molar-refractivity contribution is 5.40. The van der Waals surface area contributed by atoms with E-state index in [0.717, 1.165) is 49.3 Å². The molecular weight excluding hydrogens is 224 g/mol. The molecule has 0 aromatic carbocycles. The van der Waals surface area contributed by atoms with Gasteiger partial charge in [0.1, 0.15) is 11.6 Å². The molecule has 1 aromatic rings. The molecule has 0 amide bonds. The van der Waals surface area contributed by atoms with E-state index in [9.17, 15) is 0 Å². The molecule has 0 spiro atoms.